The van der Waals surface area contributed by atoms with E-state index in [2.05, 4.69) is 10.2 Å². The molecule has 1 fully saturated rings. The number of halogens is 2. The van der Waals surface area contributed by atoms with Crippen molar-refractivity contribution in [2.75, 3.05) is 32.0 Å². The first kappa shape index (κ1) is 14.6. The van der Waals surface area contributed by atoms with Gasteiger partial charge in [-0.3, -0.25) is 10.1 Å². The number of benzene rings is 1. The van der Waals surface area contributed by atoms with E-state index in [0.29, 0.717) is 18.5 Å². The Balaban J connectivity index is 2.10. The summed E-state index contributed by atoms with van der Waals surface area (Å²) in [6.45, 7) is 2.33. The van der Waals surface area contributed by atoms with Crippen LogP contribution in [0, 0.1) is 27.7 Å². The number of rotatable bonds is 4. The summed E-state index contributed by atoms with van der Waals surface area (Å²) >= 11 is 0. The summed E-state index contributed by atoms with van der Waals surface area (Å²) in [7, 11) is 2.01. The highest BCUT2D eigenvalue weighted by atomic mass is 19.1. The summed E-state index contributed by atoms with van der Waals surface area (Å²) in [5, 5.41) is 13.6. The molecule has 1 aliphatic heterocycles. The lowest BCUT2D eigenvalue weighted by Crippen LogP contribution is -2.35. The first-order valence-corrected chi connectivity index (χ1v) is 6.53. The Morgan fingerprint density at radius 2 is 2.25 bits per heavy atom. The average Bonchev–Trinajstić information content (AvgIpc) is 2.36. The van der Waals surface area contributed by atoms with E-state index in [1.807, 2.05) is 7.05 Å². The number of nitrogens with zero attached hydrogens (tertiary/aromatic N) is 2. The quantitative estimate of drug-likeness (QED) is 0.682. The molecule has 0 aliphatic carbocycles. The fraction of sp³-hybridized carbons (Fsp3) is 0.538. The molecule has 1 aromatic rings. The second-order valence-corrected chi connectivity index (χ2v) is 5.19. The zero-order chi connectivity index (χ0) is 14.7. The Morgan fingerprint density at radius 1 is 1.50 bits per heavy atom. The topological polar surface area (TPSA) is 58.4 Å². The lowest BCUT2D eigenvalue weighted by molar-refractivity contribution is -0.384. The molecule has 0 aromatic heterocycles. The van der Waals surface area contributed by atoms with Gasteiger partial charge in [0.1, 0.15) is 11.5 Å². The lowest BCUT2D eigenvalue weighted by Gasteiger charge is -2.29. The number of hydrogen-bond donors (Lipinski definition) is 1. The zero-order valence-electron chi connectivity index (χ0n) is 11.2. The number of nitro benzene ring substituents is 1. The molecule has 110 valence electrons. The minimum Gasteiger partial charge on any atom is -0.377 e. The highest BCUT2D eigenvalue weighted by molar-refractivity contribution is 5.62. The maximum atomic E-state index is 13.7. The molecular weight excluding hydrogens is 268 g/mol. The molecule has 2 rings (SSSR count). The van der Waals surface area contributed by atoms with Crippen LogP contribution in [-0.4, -0.2) is 36.5 Å². The van der Waals surface area contributed by atoms with Crippen molar-refractivity contribution in [2.24, 2.45) is 5.92 Å². The van der Waals surface area contributed by atoms with Gasteiger partial charge in [-0.2, -0.15) is 0 Å². The van der Waals surface area contributed by atoms with E-state index in [0.717, 1.165) is 32.0 Å². The predicted molar refractivity (Wildman–Crippen MR) is 71.7 cm³/mol. The van der Waals surface area contributed by atoms with E-state index in [4.69, 9.17) is 0 Å². The Hall–Kier alpha value is -1.76. The minimum absolute atomic E-state index is 0.232. The monoisotopic (exact) mass is 285 g/mol. The van der Waals surface area contributed by atoms with E-state index >= 15 is 0 Å². The molecule has 1 heterocycles. The molecule has 0 saturated carbocycles. The van der Waals surface area contributed by atoms with Gasteiger partial charge in [0.15, 0.2) is 5.82 Å². The summed E-state index contributed by atoms with van der Waals surface area (Å²) in [6.07, 6.45) is 2.05. The molecule has 1 N–H and O–H groups in total. The van der Waals surface area contributed by atoms with Gasteiger partial charge in [0.05, 0.1) is 11.0 Å². The Kier molecular flexibility index (Phi) is 4.49. The number of piperidine rings is 1. The van der Waals surface area contributed by atoms with Gasteiger partial charge in [0, 0.05) is 19.2 Å². The van der Waals surface area contributed by atoms with Crippen LogP contribution in [0.3, 0.4) is 0 Å². The molecule has 1 unspecified atom stereocenters. The van der Waals surface area contributed by atoms with Crippen molar-refractivity contribution in [2.45, 2.75) is 12.8 Å². The summed E-state index contributed by atoms with van der Waals surface area (Å²) in [6, 6.07) is 1.39. The van der Waals surface area contributed by atoms with Crippen LogP contribution >= 0.6 is 0 Å². The number of nitro groups is 1. The first-order valence-electron chi connectivity index (χ1n) is 6.53. The van der Waals surface area contributed by atoms with E-state index < -0.39 is 22.2 Å². The summed E-state index contributed by atoms with van der Waals surface area (Å²) < 4.78 is 26.7. The van der Waals surface area contributed by atoms with Crippen LogP contribution in [0.5, 0.6) is 0 Å². The van der Waals surface area contributed by atoms with Crippen molar-refractivity contribution in [3.63, 3.8) is 0 Å². The van der Waals surface area contributed by atoms with Gasteiger partial charge >= 0.3 is 0 Å². The second-order valence-electron chi connectivity index (χ2n) is 5.19. The van der Waals surface area contributed by atoms with E-state index in [1.165, 1.54) is 0 Å². The standard InChI is InChI=1S/C13H17F2N3O2/c1-17-4-2-3-9(8-17)7-16-13-11(15)5-10(14)6-12(13)18(19)20/h5-6,9,16H,2-4,7-8H2,1H3. The van der Waals surface area contributed by atoms with Gasteiger partial charge in [-0.25, -0.2) is 8.78 Å². The number of likely N-dealkylation sites (tertiary alicyclic amines) is 1. The molecule has 1 aliphatic rings. The Bertz CT molecular complexity index is 511. The van der Waals surface area contributed by atoms with Gasteiger partial charge in [-0.15, -0.1) is 0 Å². The van der Waals surface area contributed by atoms with Crippen LogP contribution in [0.25, 0.3) is 0 Å². The SMILES string of the molecule is CN1CCCC(CNc2c(F)cc(F)cc2[N+](=O)[O-])C1. The third-order valence-corrected chi connectivity index (χ3v) is 3.52. The van der Waals surface area contributed by atoms with Gasteiger partial charge in [-0.05, 0) is 32.4 Å². The highest BCUT2D eigenvalue weighted by Crippen LogP contribution is 2.29. The Labute approximate surface area is 115 Å². The summed E-state index contributed by atoms with van der Waals surface area (Å²) in [5.41, 5.74) is -0.795. The molecule has 0 bridgehead atoms. The van der Waals surface area contributed by atoms with Crippen LogP contribution in [0.2, 0.25) is 0 Å². The van der Waals surface area contributed by atoms with Crippen LogP contribution in [0.15, 0.2) is 12.1 Å². The van der Waals surface area contributed by atoms with Crippen LogP contribution in [0.4, 0.5) is 20.2 Å². The predicted octanol–water partition coefficient (Wildman–Crippen LogP) is 2.63. The molecule has 7 heteroatoms. The van der Waals surface area contributed by atoms with Crippen molar-refractivity contribution in [1.29, 1.82) is 0 Å². The molecule has 5 nitrogen and oxygen atoms in total. The van der Waals surface area contributed by atoms with E-state index in [9.17, 15) is 18.9 Å². The minimum atomic E-state index is -0.947. The molecule has 0 amide bonds. The Morgan fingerprint density at radius 3 is 2.90 bits per heavy atom. The number of hydrogen-bond acceptors (Lipinski definition) is 4. The van der Waals surface area contributed by atoms with E-state index in [-0.39, 0.29) is 5.69 Å². The third kappa shape index (κ3) is 3.41. The van der Waals surface area contributed by atoms with Crippen LogP contribution in [0.1, 0.15) is 12.8 Å². The second kappa shape index (κ2) is 6.13. The molecule has 0 radical (unpaired) electrons. The average molecular weight is 285 g/mol. The van der Waals surface area contributed by atoms with Crippen LogP contribution in [-0.2, 0) is 0 Å². The molecule has 1 atom stereocenters. The fourth-order valence-corrected chi connectivity index (χ4v) is 2.57. The molecular formula is C13H17F2N3O2. The smallest absolute Gasteiger partial charge is 0.298 e. The van der Waals surface area contributed by atoms with Crippen molar-refractivity contribution < 1.29 is 13.7 Å². The highest BCUT2D eigenvalue weighted by Gasteiger charge is 2.22. The van der Waals surface area contributed by atoms with Crippen LogP contribution < -0.4 is 5.32 Å². The normalized spacial score (nSPS) is 19.9. The molecule has 0 spiro atoms. The first-order chi connectivity index (χ1) is 9.47. The van der Waals surface area contributed by atoms with Crippen molar-refractivity contribution in [3.8, 4) is 0 Å². The largest absolute Gasteiger partial charge is 0.377 e. The maximum absolute atomic E-state index is 13.7. The summed E-state index contributed by atoms with van der Waals surface area (Å²) in [4.78, 5) is 12.2. The third-order valence-electron chi connectivity index (χ3n) is 3.52. The van der Waals surface area contributed by atoms with Gasteiger partial charge in [0.25, 0.3) is 5.69 Å². The lowest BCUT2D eigenvalue weighted by atomic mass is 9.98. The van der Waals surface area contributed by atoms with Gasteiger partial charge < -0.3 is 10.2 Å². The molecule has 20 heavy (non-hydrogen) atoms. The molecule has 1 aromatic carbocycles. The number of nitrogens with one attached hydrogen (secondary N) is 1. The number of anilines is 1. The van der Waals surface area contributed by atoms with Gasteiger partial charge in [0.2, 0.25) is 0 Å². The summed E-state index contributed by atoms with van der Waals surface area (Å²) in [5.74, 6) is -1.57. The fourth-order valence-electron chi connectivity index (χ4n) is 2.57. The van der Waals surface area contributed by atoms with Crippen molar-refractivity contribution in [1.82, 2.24) is 4.90 Å². The van der Waals surface area contributed by atoms with Crippen molar-refractivity contribution >= 4 is 11.4 Å². The zero-order valence-corrected chi connectivity index (χ0v) is 11.2. The van der Waals surface area contributed by atoms with E-state index in [1.54, 1.807) is 0 Å². The molecule has 1 saturated heterocycles. The van der Waals surface area contributed by atoms with Crippen molar-refractivity contribution in [3.05, 3.63) is 33.9 Å². The maximum Gasteiger partial charge on any atom is 0.298 e. The van der Waals surface area contributed by atoms with Gasteiger partial charge in [-0.1, -0.05) is 0 Å².